The molecule has 0 aliphatic heterocycles. The van der Waals surface area contributed by atoms with E-state index in [0.29, 0.717) is 25.7 Å². The quantitative estimate of drug-likeness (QED) is 0.561. The Morgan fingerprint density at radius 3 is 2.63 bits per heavy atom. The van der Waals surface area contributed by atoms with E-state index in [1.54, 1.807) is 37.4 Å². The van der Waals surface area contributed by atoms with Crippen LogP contribution in [0.15, 0.2) is 40.3 Å². The number of hydrogen-bond acceptors (Lipinski definition) is 7. The lowest BCUT2D eigenvalue weighted by atomic mass is 10.2. The van der Waals surface area contributed by atoms with Gasteiger partial charge in [-0.1, -0.05) is 35.0 Å². The second-order valence-corrected chi connectivity index (χ2v) is 8.36. The predicted octanol–water partition coefficient (Wildman–Crippen LogP) is 3.94. The minimum atomic E-state index is -0.459. The third-order valence-electron chi connectivity index (χ3n) is 3.30. The summed E-state index contributed by atoms with van der Waals surface area (Å²) in [6.45, 7) is 0. The summed E-state index contributed by atoms with van der Waals surface area (Å²) in [4.78, 5) is 26.8. The monoisotopic (exact) mass is 442 g/mol. The Kier molecular flexibility index (Phi) is 6.38. The van der Waals surface area contributed by atoms with E-state index in [1.165, 1.54) is 0 Å². The van der Waals surface area contributed by atoms with E-state index in [9.17, 15) is 9.59 Å². The SMILES string of the molecule is COc1ccc(NC(=O)CSc2nnc(-c3cc(Cl)sc3Cl)c(=O)[nH]2)cc1. The van der Waals surface area contributed by atoms with Gasteiger partial charge in [0.15, 0.2) is 10.9 Å². The Labute approximate surface area is 172 Å². The average Bonchev–Trinajstić information content (AvgIpc) is 2.98. The van der Waals surface area contributed by atoms with Gasteiger partial charge >= 0.3 is 0 Å². The van der Waals surface area contributed by atoms with Gasteiger partial charge in [0.05, 0.1) is 17.2 Å². The van der Waals surface area contributed by atoms with Gasteiger partial charge in [0, 0.05) is 11.3 Å². The molecule has 27 heavy (non-hydrogen) atoms. The molecule has 1 aromatic carbocycles. The Bertz CT molecular complexity index is 1020. The van der Waals surface area contributed by atoms with E-state index in [0.717, 1.165) is 23.1 Å². The first-order valence-electron chi connectivity index (χ1n) is 7.45. The van der Waals surface area contributed by atoms with E-state index in [-0.39, 0.29) is 22.5 Å². The van der Waals surface area contributed by atoms with Crippen molar-refractivity contribution in [1.82, 2.24) is 15.2 Å². The van der Waals surface area contributed by atoms with Crippen LogP contribution < -0.4 is 15.6 Å². The molecule has 0 spiro atoms. The molecule has 0 unspecified atom stereocenters. The maximum atomic E-state index is 12.2. The number of thioether (sulfide) groups is 1. The number of benzene rings is 1. The number of thiophene rings is 1. The zero-order valence-electron chi connectivity index (χ0n) is 13.8. The normalized spacial score (nSPS) is 10.6. The number of aromatic nitrogens is 3. The molecule has 11 heteroatoms. The number of methoxy groups -OCH3 is 1. The summed E-state index contributed by atoms with van der Waals surface area (Å²) in [6, 6.07) is 8.50. The third kappa shape index (κ3) is 5.01. The number of rotatable bonds is 6. The van der Waals surface area contributed by atoms with Crippen molar-refractivity contribution >= 4 is 57.9 Å². The average molecular weight is 443 g/mol. The van der Waals surface area contributed by atoms with Crippen molar-refractivity contribution in [1.29, 1.82) is 0 Å². The molecule has 0 atom stereocenters. The topological polar surface area (TPSA) is 97.0 Å². The zero-order valence-corrected chi connectivity index (χ0v) is 16.9. The zero-order chi connectivity index (χ0) is 19.4. The molecular weight excluding hydrogens is 431 g/mol. The van der Waals surface area contributed by atoms with Crippen LogP contribution in [0, 0.1) is 0 Å². The number of carbonyl (C=O) groups excluding carboxylic acids is 1. The van der Waals surface area contributed by atoms with Gasteiger partial charge in [-0.15, -0.1) is 21.5 Å². The van der Waals surface area contributed by atoms with Gasteiger partial charge in [0.1, 0.15) is 10.1 Å². The number of H-pyrrole nitrogens is 1. The van der Waals surface area contributed by atoms with Crippen LogP contribution in [0.2, 0.25) is 8.67 Å². The molecule has 2 N–H and O–H groups in total. The number of amides is 1. The van der Waals surface area contributed by atoms with Gasteiger partial charge in [-0.2, -0.15) is 0 Å². The van der Waals surface area contributed by atoms with Crippen molar-refractivity contribution in [2.75, 3.05) is 18.2 Å². The Balaban J connectivity index is 1.62. The molecule has 2 heterocycles. The molecule has 0 radical (unpaired) electrons. The fraction of sp³-hybridized carbons (Fsp3) is 0.125. The fourth-order valence-electron chi connectivity index (χ4n) is 2.07. The molecule has 0 aliphatic rings. The summed E-state index contributed by atoms with van der Waals surface area (Å²) < 4.78 is 5.87. The van der Waals surface area contributed by atoms with Crippen molar-refractivity contribution in [3.8, 4) is 17.0 Å². The fourth-order valence-corrected chi connectivity index (χ4v) is 4.14. The van der Waals surface area contributed by atoms with Crippen LogP contribution in [0.3, 0.4) is 0 Å². The summed E-state index contributed by atoms with van der Waals surface area (Å²) in [5, 5.41) is 10.8. The molecule has 1 amide bonds. The lowest BCUT2D eigenvalue weighted by molar-refractivity contribution is -0.113. The number of ether oxygens (including phenoxy) is 1. The second-order valence-electron chi connectivity index (χ2n) is 5.11. The van der Waals surface area contributed by atoms with Gasteiger partial charge in [-0.3, -0.25) is 14.6 Å². The van der Waals surface area contributed by atoms with Gasteiger partial charge < -0.3 is 10.1 Å². The van der Waals surface area contributed by atoms with Crippen molar-refractivity contribution in [3.63, 3.8) is 0 Å². The molecule has 3 aromatic rings. The van der Waals surface area contributed by atoms with Crippen LogP contribution in [0.25, 0.3) is 11.3 Å². The highest BCUT2D eigenvalue weighted by Crippen LogP contribution is 2.35. The standard InChI is InChI=1S/C16H12Cl2N4O3S2/c1-25-9-4-2-8(3-5-9)19-12(23)7-26-16-20-15(24)13(21-22-16)10-6-11(17)27-14(10)18/h2-6H,7H2,1H3,(H,19,23)(H,20,22,24). The molecule has 0 fully saturated rings. The summed E-state index contributed by atoms with van der Waals surface area (Å²) >= 11 is 14.1. The van der Waals surface area contributed by atoms with Crippen LogP contribution in [-0.4, -0.2) is 34.0 Å². The van der Waals surface area contributed by atoms with E-state index < -0.39 is 5.56 Å². The van der Waals surface area contributed by atoms with Crippen molar-refractivity contribution in [3.05, 3.63) is 49.4 Å². The van der Waals surface area contributed by atoms with E-state index in [2.05, 4.69) is 20.5 Å². The minimum absolute atomic E-state index is 0.0566. The second kappa shape index (κ2) is 8.75. The highest BCUT2D eigenvalue weighted by Gasteiger charge is 2.15. The smallest absolute Gasteiger partial charge is 0.278 e. The summed E-state index contributed by atoms with van der Waals surface area (Å²) in [5.41, 5.74) is 0.684. The molecule has 0 saturated heterocycles. The molecule has 0 aliphatic carbocycles. The number of anilines is 1. The summed E-state index contributed by atoms with van der Waals surface area (Å²) in [5.74, 6) is 0.507. The molecule has 3 rings (SSSR count). The van der Waals surface area contributed by atoms with E-state index in [1.807, 2.05) is 0 Å². The minimum Gasteiger partial charge on any atom is -0.497 e. The van der Waals surface area contributed by atoms with Gasteiger partial charge in [-0.25, -0.2) is 0 Å². The lowest BCUT2D eigenvalue weighted by Crippen LogP contribution is -2.17. The molecular formula is C16H12Cl2N4O3S2. The number of nitrogens with one attached hydrogen (secondary N) is 2. The maximum absolute atomic E-state index is 12.2. The highest BCUT2D eigenvalue weighted by molar-refractivity contribution is 7.99. The van der Waals surface area contributed by atoms with Crippen LogP contribution in [0.5, 0.6) is 5.75 Å². The molecule has 2 aromatic heterocycles. The summed E-state index contributed by atoms with van der Waals surface area (Å²) in [6.07, 6.45) is 0. The van der Waals surface area contributed by atoms with Crippen molar-refractivity contribution < 1.29 is 9.53 Å². The van der Waals surface area contributed by atoms with Crippen molar-refractivity contribution in [2.24, 2.45) is 0 Å². The number of carbonyl (C=O) groups is 1. The van der Waals surface area contributed by atoms with Gasteiger partial charge in [-0.05, 0) is 30.3 Å². The summed E-state index contributed by atoms with van der Waals surface area (Å²) in [7, 11) is 1.57. The van der Waals surface area contributed by atoms with Crippen LogP contribution in [0.1, 0.15) is 0 Å². The van der Waals surface area contributed by atoms with Crippen LogP contribution >= 0.6 is 46.3 Å². The molecule has 7 nitrogen and oxygen atoms in total. The van der Waals surface area contributed by atoms with E-state index >= 15 is 0 Å². The first-order valence-corrected chi connectivity index (χ1v) is 10.0. The molecule has 140 valence electrons. The largest absolute Gasteiger partial charge is 0.497 e. The predicted molar refractivity (Wildman–Crippen MR) is 108 cm³/mol. The first kappa shape index (κ1) is 19.7. The lowest BCUT2D eigenvalue weighted by Gasteiger charge is -2.06. The Morgan fingerprint density at radius 2 is 2.04 bits per heavy atom. The van der Waals surface area contributed by atoms with E-state index in [4.69, 9.17) is 27.9 Å². The van der Waals surface area contributed by atoms with Gasteiger partial charge in [0.25, 0.3) is 5.56 Å². The number of aromatic amines is 1. The third-order valence-corrected chi connectivity index (χ3v) is 5.65. The van der Waals surface area contributed by atoms with Crippen molar-refractivity contribution in [2.45, 2.75) is 5.16 Å². The Morgan fingerprint density at radius 1 is 1.30 bits per heavy atom. The first-order chi connectivity index (χ1) is 13.0. The van der Waals surface area contributed by atoms with Crippen LogP contribution in [-0.2, 0) is 4.79 Å². The molecule has 0 bridgehead atoms. The highest BCUT2D eigenvalue weighted by atomic mass is 35.5. The number of halogens is 2. The number of hydrogen-bond donors (Lipinski definition) is 2. The number of nitrogens with zero attached hydrogens (tertiary/aromatic N) is 2. The van der Waals surface area contributed by atoms with Crippen LogP contribution in [0.4, 0.5) is 5.69 Å². The maximum Gasteiger partial charge on any atom is 0.278 e. The Hall–Kier alpha value is -2.07. The van der Waals surface area contributed by atoms with Gasteiger partial charge in [0.2, 0.25) is 5.91 Å². The molecule has 0 saturated carbocycles.